The minimum absolute atomic E-state index is 0. The molecule has 1 aliphatic rings. The van der Waals surface area contributed by atoms with Crippen molar-refractivity contribution in [2.45, 2.75) is 32.4 Å². The zero-order chi connectivity index (χ0) is 11.4. The van der Waals surface area contributed by atoms with E-state index in [1.165, 1.54) is 31.5 Å². The van der Waals surface area contributed by atoms with E-state index in [9.17, 15) is 0 Å². The molecule has 1 aliphatic heterocycles. The van der Waals surface area contributed by atoms with Gasteiger partial charge in [0.1, 0.15) is 0 Å². The summed E-state index contributed by atoms with van der Waals surface area (Å²) in [5.41, 5.74) is 1.24. The summed E-state index contributed by atoms with van der Waals surface area (Å²) in [6, 6.07) is 0.674. The lowest BCUT2D eigenvalue weighted by Crippen LogP contribution is -2.45. The summed E-state index contributed by atoms with van der Waals surface area (Å²) in [7, 11) is 2.06. The van der Waals surface area contributed by atoms with Crippen molar-refractivity contribution in [3.05, 3.63) is 18.0 Å². The highest BCUT2D eigenvalue weighted by molar-refractivity contribution is 5.85. The normalized spacial score (nSPS) is 21.2. The van der Waals surface area contributed by atoms with Gasteiger partial charge in [-0.15, -0.1) is 12.4 Å². The Morgan fingerprint density at radius 3 is 2.94 bits per heavy atom. The van der Waals surface area contributed by atoms with E-state index in [2.05, 4.69) is 35.5 Å². The van der Waals surface area contributed by atoms with Gasteiger partial charge in [-0.3, -0.25) is 9.58 Å². The third kappa shape index (κ3) is 4.30. The highest BCUT2D eigenvalue weighted by Gasteiger charge is 2.17. The molecule has 5 heteroatoms. The Balaban J connectivity index is 0.00000144. The molecule has 0 bridgehead atoms. The highest BCUT2D eigenvalue weighted by atomic mass is 35.5. The maximum absolute atomic E-state index is 4.31. The Morgan fingerprint density at radius 2 is 2.29 bits per heavy atom. The van der Waals surface area contributed by atoms with E-state index in [0.29, 0.717) is 6.04 Å². The zero-order valence-corrected chi connectivity index (χ0v) is 11.5. The standard InChI is InChI=1S/C12H22N4.ClH/c1-11-8-14-16(9-11)7-6-15-5-3-4-12(10-15)13-2;/h8-9,12-13H,3-7,10H2,1-2H3;1H. The fourth-order valence-electron chi connectivity index (χ4n) is 2.33. The molecule has 2 heterocycles. The SMILES string of the molecule is CNC1CCCN(CCn2cc(C)cn2)C1.Cl. The largest absolute Gasteiger partial charge is 0.316 e. The molecule has 1 saturated heterocycles. The molecule has 98 valence electrons. The molecule has 1 aromatic rings. The minimum atomic E-state index is 0. The van der Waals surface area contributed by atoms with Crippen LogP contribution in [0.3, 0.4) is 0 Å². The van der Waals surface area contributed by atoms with Crippen LogP contribution >= 0.6 is 12.4 Å². The smallest absolute Gasteiger partial charge is 0.0536 e. The minimum Gasteiger partial charge on any atom is -0.316 e. The molecule has 1 unspecified atom stereocenters. The van der Waals surface area contributed by atoms with E-state index < -0.39 is 0 Å². The number of nitrogens with one attached hydrogen (secondary N) is 1. The molecule has 0 aliphatic carbocycles. The van der Waals surface area contributed by atoms with Gasteiger partial charge in [-0.2, -0.15) is 5.10 Å². The van der Waals surface area contributed by atoms with E-state index in [4.69, 9.17) is 0 Å². The predicted octanol–water partition coefficient (Wildman–Crippen LogP) is 1.30. The second-order valence-corrected chi connectivity index (χ2v) is 4.71. The van der Waals surface area contributed by atoms with Gasteiger partial charge >= 0.3 is 0 Å². The quantitative estimate of drug-likeness (QED) is 0.884. The first kappa shape index (κ1) is 14.5. The van der Waals surface area contributed by atoms with Gasteiger partial charge in [0.25, 0.3) is 0 Å². The van der Waals surface area contributed by atoms with Crippen LogP contribution in [0.2, 0.25) is 0 Å². The topological polar surface area (TPSA) is 33.1 Å². The fourth-order valence-corrected chi connectivity index (χ4v) is 2.33. The monoisotopic (exact) mass is 258 g/mol. The fraction of sp³-hybridized carbons (Fsp3) is 0.750. The molecule has 4 nitrogen and oxygen atoms in total. The van der Waals surface area contributed by atoms with Crippen molar-refractivity contribution >= 4 is 12.4 Å². The van der Waals surface area contributed by atoms with Crippen LogP contribution in [0.15, 0.2) is 12.4 Å². The summed E-state index contributed by atoms with van der Waals surface area (Å²) >= 11 is 0. The zero-order valence-electron chi connectivity index (χ0n) is 10.7. The molecule has 1 aromatic heterocycles. The molecular formula is C12H23ClN4. The molecule has 2 rings (SSSR count). The van der Waals surface area contributed by atoms with Crippen LogP contribution in [-0.4, -0.2) is 47.4 Å². The van der Waals surface area contributed by atoms with E-state index >= 15 is 0 Å². The molecular weight excluding hydrogens is 236 g/mol. The van der Waals surface area contributed by atoms with Gasteiger partial charge in [0.15, 0.2) is 0 Å². The summed E-state index contributed by atoms with van der Waals surface area (Å²) in [6.07, 6.45) is 6.66. The van der Waals surface area contributed by atoms with Crippen molar-refractivity contribution in [3.63, 3.8) is 0 Å². The van der Waals surface area contributed by atoms with Gasteiger partial charge in [-0.05, 0) is 38.9 Å². The molecule has 0 aromatic carbocycles. The summed E-state index contributed by atoms with van der Waals surface area (Å²) in [6.45, 7) is 6.61. The van der Waals surface area contributed by atoms with E-state index in [1.807, 2.05) is 10.9 Å². The molecule has 1 fully saturated rings. The second kappa shape index (κ2) is 6.99. The van der Waals surface area contributed by atoms with Gasteiger partial charge in [0.05, 0.1) is 12.7 Å². The van der Waals surface area contributed by atoms with E-state index in [1.54, 1.807) is 0 Å². The number of halogens is 1. The van der Waals surface area contributed by atoms with Crippen molar-refractivity contribution in [3.8, 4) is 0 Å². The third-order valence-corrected chi connectivity index (χ3v) is 3.32. The summed E-state index contributed by atoms with van der Waals surface area (Å²) in [5, 5.41) is 7.69. The first-order valence-electron chi connectivity index (χ1n) is 6.16. The number of aromatic nitrogens is 2. The van der Waals surface area contributed by atoms with Gasteiger partial charge in [0.2, 0.25) is 0 Å². The maximum atomic E-state index is 4.31. The number of likely N-dealkylation sites (tertiary alicyclic amines) is 1. The van der Waals surface area contributed by atoms with Gasteiger partial charge in [0, 0.05) is 25.3 Å². The molecule has 0 spiro atoms. The number of hydrogen-bond acceptors (Lipinski definition) is 3. The lowest BCUT2D eigenvalue weighted by molar-refractivity contribution is 0.187. The Hall–Kier alpha value is -0.580. The molecule has 0 radical (unpaired) electrons. The number of likely N-dealkylation sites (N-methyl/N-ethyl adjacent to an activating group) is 1. The Kier molecular flexibility index (Phi) is 5.95. The molecule has 1 atom stereocenters. The van der Waals surface area contributed by atoms with Crippen LogP contribution in [0.4, 0.5) is 0 Å². The van der Waals surface area contributed by atoms with Crippen LogP contribution in [0, 0.1) is 6.92 Å². The lowest BCUT2D eigenvalue weighted by Gasteiger charge is -2.32. The maximum Gasteiger partial charge on any atom is 0.0536 e. The van der Waals surface area contributed by atoms with Gasteiger partial charge in [-0.25, -0.2) is 0 Å². The van der Waals surface area contributed by atoms with Crippen molar-refractivity contribution < 1.29 is 0 Å². The number of nitrogens with zero attached hydrogens (tertiary/aromatic N) is 3. The van der Waals surface area contributed by atoms with Gasteiger partial charge in [-0.1, -0.05) is 0 Å². The third-order valence-electron chi connectivity index (χ3n) is 3.32. The molecule has 1 N–H and O–H groups in total. The summed E-state index contributed by atoms with van der Waals surface area (Å²) < 4.78 is 2.04. The lowest BCUT2D eigenvalue weighted by atomic mass is 10.1. The second-order valence-electron chi connectivity index (χ2n) is 4.71. The van der Waals surface area contributed by atoms with E-state index in [0.717, 1.165) is 13.1 Å². The van der Waals surface area contributed by atoms with Crippen molar-refractivity contribution in [2.24, 2.45) is 0 Å². The Labute approximate surface area is 110 Å². The van der Waals surface area contributed by atoms with Crippen molar-refractivity contribution in [1.29, 1.82) is 0 Å². The average Bonchev–Trinajstić information content (AvgIpc) is 2.73. The Bertz CT molecular complexity index is 326. The Morgan fingerprint density at radius 1 is 1.47 bits per heavy atom. The predicted molar refractivity (Wildman–Crippen MR) is 72.7 cm³/mol. The van der Waals surface area contributed by atoms with Crippen molar-refractivity contribution in [2.75, 3.05) is 26.7 Å². The van der Waals surface area contributed by atoms with Crippen molar-refractivity contribution in [1.82, 2.24) is 20.0 Å². The van der Waals surface area contributed by atoms with Crippen LogP contribution in [0.1, 0.15) is 18.4 Å². The number of hydrogen-bond donors (Lipinski definition) is 1. The first-order chi connectivity index (χ1) is 7.78. The summed E-state index contributed by atoms with van der Waals surface area (Å²) in [4.78, 5) is 2.53. The first-order valence-corrected chi connectivity index (χ1v) is 6.16. The van der Waals surface area contributed by atoms with Crippen LogP contribution in [-0.2, 0) is 6.54 Å². The average molecular weight is 259 g/mol. The van der Waals surface area contributed by atoms with Crippen LogP contribution in [0.5, 0.6) is 0 Å². The van der Waals surface area contributed by atoms with Crippen LogP contribution < -0.4 is 5.32 Å². The van der Waals surface area contributed by atoms with E-state index in [-0.39, 0.29) is 12.4 Å². The summed E-state index contributed by atoms with van der Waals surface area (Å²) in [5.74, 6) is 0. The molecule has 17 heavy (non-hydrogen) atoms. The van der Waals surface area contributed by atoms with Gasteiger partial charge < -0.3 is 5.32 Å². The number of aryl methyl sites for hydroxylation is 1. The number of rotatable bonds is 4. The highest BCUT2D eigenvalue weighted by Crippen LogP contribution is 2.09. The van der Waals surface area contributed by atoms with Crippen LogP contribution in [0.25, 0.3) is 0 Å². The number of piperidine rings is 1. The molecule has 0 saturated carbocycles. The molecule has 0 amide bonds.